The van der Waals surface area contributed by atoms with Crippen molar-refractivity contribution in [2.45, 2.75) is 27.7 Å². The number of hydrogen-bond acceptors (Lipinski definition) is 0. The Hall–Kier alpha value is -1.24. The molecule has 0 fully saturated rings. The molecule has 0 amide bonds. The summed E-state index contributed by atoms with van der Waals surface area (Å²) in [6.45, 7) is 11.8. The molecule has 0 atom stereocenters. The van der Waals surface area contributed by atoms with Crippen LogP contribution in [0.4, 0.5) is 0 Å². The molecule has 1 aromatic heterocycles. The number of hydrogen-bond donors (Lipinski definition) is 1. The van der Waals surface area contributed by atoms with Gasteiger partial charge in [0, 0.05) is 11.4 Å². The zero-order chi connectivity index (χ0) is 10.3. The molecule has 72 valence electrons. The van der Waals surface area contributed by atoms with E-state index in [2.05, 4.69) is 31.5 Å². The predicted octanol–water partition coefficient (Wildman–Crippen LogP) is 3.86. The van der Waals surface area contributed by atoms with Gasteiger partial charge in [0.05, 0.1) is 0 Å². The lowest BCUT2D eigenvalue weighted by Crippen LogP contribution is -1.73. The highest BCUT2D eigenvalue weighted by Gasteiger charge is 1.95. The molecule has 13 heavy (non-hydrogen) atoms. The van der Waals surface area contributed by atoms with E-state index in [4.69, 9.17) is 0 Å². The molecule has 1 nitrogen and oxygen atoms in total. The summed E-state index contributed by atoms with van der Waals surface area (Å²) in [5, 5.41) is 0. The minimum absolute atomic E-state index is 1.17. The van der Waals surface area contributed by atoms with E-state index >= 15 is 0 Å². The van der Waals surface area contributed by atoms with Crippen LogP contribution in [0.1, 0.15) is 30.8 Å². The average Bonchev–Trinajstić information content (AvgIpc) is 2.45. The second-order valence-corrected chi connectivity index (χ2v) is 2.64. The Bertz CT molecular complexity index is 279. The molecule has 0 aliphatic rings. The van der Waals surface area contributed by atoms with Crippen molar-refractivity contribution in [2.24, 2.45) is 0 Å². The monoisotopic (exact) mass is 177 g/mol. The van der Waals surface area contributed by atoms with Crippen LogP contribution in [-0.4, -0.2) is 4.98 Å². The Morgan fingerprint density at radius 2 is 1.92 bits per heavy atom. The maximum Gasteiger partial charge on any atom is 0.0412 e. The third kappa shape index (κ3) is 3.79. The van der Waals surface area contributed by atoms with Gasteiger partial charge in [-0.1, -0.05) is 32.6 Å². The zero-order valence-corrected chi connectivity index (χ0v) is 9.02. The smallest absolute Gasteiger partial charge is 0.0412 e. The number of aromatic amines is 1. The Morgan fingerprint density at radius 3 is 2.31 bits per heavy atom. The first-order valence-electron chi connectivity index (χ1n) is 4.69. The summed E-state index contributed by atoms with van der Waals surface area (Å²) in [6, 6.07) is 2.13. The molecule has 0 saturated heterocycles. The molecule has 0 radical (unpaired) electrons. The SMILES string of the molecule is C=C/C=C\c1[nH]c(C)cc1C.CC. The Labute approximate surface area is 81.2 Å². The van der Waals surface area contributed by atoms with Gasteiger partial charge in [0.15, 0.2) is 0 Å². The lowest BCUT2D eigenvalue weighted by Gasteiger charge is -1.87. The van der Waals surface area contributed by atoms with Gasteiger partial charge in [-0.2, -0.15) is 0 Å². The first-order chi connectivity index (χ1) is 6.24. The highest BCUT2D eigenvalue weighted by molar-refractivity contribution is 5.51. The van der Waals surface area contributed by atoms with E-state index < -0.39 is 0 Å². The minimum atomic E-state index is 1.17. The van der Waals surface area contributed by atoms with E-state index in [9.17, 15) is 0 Å². The predicted molar refractivity (Wildman–Crippen MR) is 60.8 cm³/mol. The van der Waals surface area contributed by atoms with Crippen LogP contribution >= 0.6 is 0 Å². The minimum Gasteiger partial charge on any atom is -0.359 e. The summed E-state index contributed by atoms with van der Waals surface area (Å²) in [5.74, 6) is 0. The summed E-state index contributed by atoms with van der Waals surface area (Å²) in [4.78, 5) is 3.24. The van der Waals surface area contributed by atoms with Crippen LogP contribution in [0.3, 0.4) is 0 Å². The van der Waals surface area contributed by atoms with E-state index in [1.54, 1.807) is 6.08 Å². The van der Waals surface area contributed by atoms with E-state index in [0.29, 0.717) is 0 Å². The number of H-pyrrole nitrogens is 1. The van der Waals surface area contributed by atoms with Crippen molar-refractivity contribution in [2.75, 3.05) is 0 Å². The number of aryl methyl sites for hydroxylation is 2. The van der Waals surface area contributed by atoms with Crippen LogP contribution in [0.15, 0.2) is 24.8 Å². The van der Waals surface area contributed by atoms with E-state index in [1.807, 2.05) is 26.0 Å². The van der Waals surface area contributed by atoms with Crippen molar-refractivity contribution in [3.8, 4) is 0 Å². The number of rotatable bonds is 2. The van der Waals surface area contributed by atoms with E-state index in [0.717, 1.165) is 0 Å². The zero-order valence-electron chi connectivity index (χ0n) is 9.02. The Kier molecular flexibility index (Phi) is 5.69. The van der Waals surface area contributed by atoms with Gasteiger partial charge in [0.25, 0.3) is 0 Å². The summed E-state index contributed by atoms with van der Waals surface area (Å²) in [7, 11) is 0. The second-order valence-electron chi connectivity index (χ2n) is 2.64. The maximum absolute atomic E-state index is 3.61. The fourth-order valence-electron chi connectivity index (χ4n) is 1.09. The number of nitrogens with one attached hydrogen (secondary N) is 1. The summed E-state index contributed by atoms with van der Waals surface area (Å²) < 4.78 is 0. The fraction of sp³-hybridized carbons (Fsp3) is 0.333. The highest BCUT2D eigenvalue weighted by Crippen LogP contribution is 2.10. The lowest BCUT2D eigenvalue weighted by molar-refractivity contribution is 1.24. The summed E-state index contributed by atoms with van der Waals surface area (Å²) >= 11 is 0. The van der Waals surface area contributed by atoms with Crippen molar-refractivity contribution >= 4 is 6.08 Å². The van der Waals surface area contributed by atoms with Crippen LogP contribution < -0.4 is 0 Å². The number of allylic oxidation sites excluding steroid dienone is 2. The van der Waals surface area contributed by atoms with Crippen molar-refractivity contribution in [3.63, 3.8) is 0 Å². The quantitative estimate of drug-likeness (QED) is 0.660. The molecule has 0 aliphatic heterocycles. The van der Waals surface area contributed by atoms with Gasteiger partial charge in [-0.15, -0.1) is 0 Å². The molecular weight excluding hydrogens is 158 g/mol. The summed E-state index contributed by atoms with van der Waals surface area (Å²) in [5.41, 5.74) is 3.65. The first kappa shape index (κ1) is 11.8. The molecule has 0 spiro atoms. The lowest BCUT2D eigenvalue weighted by atomic mass is 10.2. The molecule has 1 N–H and O–H groups in total. The molecule has 1 heteroatoms. The second kappa shape index (κ2) is 6.30. The van der Waals surface area contributed by atoms with E-state index in [1.165, 1.54) is 17.0 Å². The van der Waals surface area contributed by atoms with Crippen molar-refractivity contribution in [3.05, 3.63) is 41.7 Å². The van der Waals surface area contributed by atoms with Gasteiger partial charge in [0.1, 0.15) is 0 Å². The molecule has 0 bridgehead atoms. The van der Waals surface area contributed by atoms with Gasteiger partial charge < -0.3 is 4.98 Å². The van der Waals surface area contributed by atoms with E-state index in [-0.39, 0.29) is 0 Å². The van der Waals surface area contributed by atoms with Crippen molar-refractivity contribution in [1.29, 1.82) is 0 Å². The van der Waals surface area contributed by atoms with Crippen LogP contribution in [0.5, 0.6) is 0 Å². The summed E-state index contributed by atoms with van der Waals surface area (Å²) in [6.07, 6.45) is 5.73. The Morgan fingerprint density at radius 1 is 1.31 bits per heavy atom. The molecule has 1 heterocycles. The van der Waals surface area contributed by atoms with Crippen molar-refractivity contribution in [1.82, 2.24) is 4.98 Å². The first-order valence-corrected chi connectivity index (χ1v) is 4.69. The molecule has 0 aliphatic carbocycles. The van der Waals surface area contributed by atoms with Crippen molar-refractivity contribution < 1.29 is 0 Å². The molecule has 1 rings (SSSR count). The normalized spacial score (nSPS) is 9.54. The van der Waals surface area contributed by atoms with Gasteiger partial charge in [-0.05, 0) is 31.6 Å². The Balaban J connectivity index is 0.000000671. The van der Waals surface area contributed by atoms with Gasteiger partial charge in [0.2, 0.25) is 0 Å². The topological polar surface area (TPSA) is 15.8 Å². The van der Waals surface area contributed by atoms with Crippen LogP contribution in [0.2, 0.25) is 0 Å². The largest absolute Gasteiger partial charge is 0.359 e. The average molecular weight is 177 g/mol. The maximum atomic E-state index is 3.61. The van der Waals surface area contributed by atoms with Gasteiger partial charge >= 0.3 is 0 Å². The van der Waals surface area contributed by atoms with Crippen LogP contribution in [-0.2, 0) is 0 Å². The third-order valence-electron chi connectivity index (χ3n) is 1.59. The van der Waals surface area contributed by atoms with Crippen LogP contribution in [0.25, 0.3) is 6.08 Å². The third-order valence-corrected chi connectivity index (χ3v) is 1.59. The van der Waals surface area contributed by atoms with Gasteiger partial charge in [-0.25, -0.2) is 0 Å². The molecule has 0 unspecified atom stereocenters. The van der Waals surface area contributed by atoms with Gasteiger partial charge in [-0.3, -0.25) is 0 Å². The molecular formula is C12H19N. The fourth-order valence-corrected chi connectivity index (χ4v) is 1.09. The molecule has 1 aromatic rings. The standard InChI is InChI=1S/C10H13N.C2H6/c1-4-5-6-10-8(2)7-9(3)11-10;1-2/h4-7,11H,1H2,2-3H3;1-2H3/b6-5-;. The number of aromatic nitrogens is 1. The molecule has 0 saturated carbocycles. The van der Waals surface area contributed by atoms with Crippen LogP contribution in [0, 0.1) is 13.8 Å². The highest BCUT2D eigenvalue weighted by atomic mass is 14.7. The molecule has 0 aromatic carbocycles.